The number of anilines is 1. The Balaban J connectivity index is 1.86. The molecule has 112 valence electrons. The van der Waals surface area contributed by atoms with E-state index >= 15 is 0 Å². The molecule has 3 aromatic rings. The first kappa shape index (κ1) is 14.7. The van der Waals surface area contributed by atoms with Crippen molar-refractivity contribution in [3.63, 3.8) is 0 Å². The van der Waals surface area contributed by atoms with E-state index in [0.29, 0.717) is 15.9 Å². The molecule has 0 bridgehead atoms. The number of nitrogens with zero attached hydrogens (tertiary/aromatic N) is 2. The molecule has 0 fully saturated rings. The monoisotopic (exact) mass is 333 g/mol. The number of thioether (sulfide) groups is 1. The number of aromatic nitrogens is 2. The van der Waals surface area contributed by atoms with Gasteiger partial charge in [0.25, 0.3) is 5.91 Å². The highest BCUT2D eigenvalue weighted by Gasteiger charge is 2.14. The zero-order valence-corrected chi connectivity index (χ0v) is 13.2. The highest BCUT2D eigenvalue weighted by atomic mass is 32.2. The van der Waals surface area contributed by atoms with Gasteiger partial charge in [-0.25, -0.2) is 4.79 Å². The van der Waals surface area contributed by atoms with E-state index in [4.69, 9.17) is 4.42 Å². The first-order valence-corrected chi connectivity index (χ1v) is 8.28. The minimum Gasteiger partial charge on any atom is -0.417 e. The van der Waals surface area contributed by atoms with E-state index < -0.39 is 11.5 Å². The topological polar surface area (TPSA) is 85.1 Å². The summed E-state index contributed by atoms with van der Waals surface area (Å²) in [6, 6.07) is 8.48. The van der Waals surface area contributed by atoms with Crippen molar-refractivity contribution < 1.29 is 9.21 Å². The molecular formula is C14H11N3O3S2. The fraction of sp³-hybridized carbons (Fsp3) is 0.143. The molecule has 1 N–H and O–H groups in total. The van der Waals surface area contributed by atoms with Gasteiger partial charge in [-0.2, -0.15) is 0 Å². The van der Waals surface area contributed by atoms with E-state index in [-0.39, 0.29) is 5.76 Å². The van der Waals surface area contributed by atoms with Crippen LogP contribution in [0, 0.1) is 0 Å². The lowest BCUT2D eigenvalue weighted by Gasteiger charge is -2.01. The molecule has 0 unspecified atom stereocenters. The molecule has 0 radical (unpaired) electrons. The molecule has 0 spiro atoms. The lowest BCUT2D eigenvalue weighted by atomic mass is 10.1. The SMILES string of the molecule is CCSc1nnc(NC(=O)c2cc3ccccc3c(=O)o2)s1. The summed E-state index contributed by atoms with van der Waals surface area (Å²) < 4.78 is 5.84. The predicted octanol–water partition coefficient (Wildman–Crippen LogP) is 3.01. The van der Waals surface area contributed by atoms with Gasteiger partial charge in [-0.15, -0.1) is 10.2 Å². The highest BCUT2D eigenvalue weighted by Crippen LogP contribution is 2.25. The number of benzene rings is 1. The smallest absolute Gasteiger partial charge is 0.344 e. The van der Waals surface area contributed by atoms with E-state index in [1.54, 1.807) is 36.0 Å². The first-order valence-electron chi connectivity index (χ1n) is 6.48. The van der Waals surface area contributed by atoms with Crippen molar-refractivity contribution in [1.29, 1.82) is 0 Å². The summed E-state index contributed by atoms with van der Waals surface area (Å²) in [4.78, 5) is 24.0. The molecule has 22 heavy (non-hydrogen) atoms. The lowest BCUT2D eigenvalue weighted by molar-refractivity contribution is 0.0993. The second-order valence-electron chi connectivity index (χ2n) is 4.25. The zero-order chi connectivity index (χ0) is 15.5. The molecule has 8 heteroatoms. The van der Waals surface area contributed by atoms with Crippen LogP contribution in [0.3, 0.4) is 0 Å². The van der Waals surface area contributed by atoms with E-state index in [2.05, 4.69) is 15.5 Å². The summed E-state index contributed by atoms with van der Waals surface area (Å²) in [5.74, 6) is 0.304. The Labute approximate surface area is 133 Å². The number of nitrogens with one attached hydrogen (secondary N) is 1. The average Bonchev–Trinajstić information content (AvgIpc) is 2.95. The molecule has 0 aliphatic carbocycles. The van der Waals surface area contributed by atoms with Crippen LogP contribution >= 0.6 is 23.1 Å². The van der Waals surface area contributed by atoms with Crippen molar-refractivity contribution in [1.82, 2.24) is 10.2 Å². The molecule has 0 aliphatic heterocycles. The molecule has 0 saturated carbocycles. The quantitative estimate of drug-likeness (QED) is 0.583. The minimum atomic E-state index is -0.539. The number of rotatable bonds is 4. The summed E-state index contributed by atoms with van der Waals surface area (Å²) in [5.41, 5.74) is -0.539. The van der Waals surface area contributed by atoms with Crippen molar-refractivity contribution in [3.8, 4) is 0 Å². The van der Waals surface area contributed by atoms with Crippen LogP contribution in [0.5, 0.6) is 0 Å². The maximum Gasteiger partial charge on any atom is 0.344 e. The first-order chi connectivity index (χ1) is 10.7. The van der Waals surface area contributed by atoms with E-state index in [1.807, 2.05) is 6.92 Å². The predicted molar refractivity (Wildman–Crippen MR) is 86.7 cm³/mol. The van der Waals surface area contributed by atoms with Crippen LogP contribution in [0.4, 0.5) is 5.13 Å². The van der Waals surface area contributed by atoms with Gasteiger partial charge in [0, 0.05) is 0 Å². The van der Waals surface area contributed by atoms with E-state index in [9.17, 15) is 9.59 Å². The van der Waals surface area contributed by atoms with Gasteiger partial charge in [-0.3, -0.25) is 10.1 Å². The summed E-state index contributed by atoms with van der Waals surface area (Å²) in [6.45, 7) is 2.01. The standard InChI is InChI=1S/C14H11N3O3S2/c1-2-21-14-17-16-13(22-14)15-11(18)10-7-8-5-3-4-6-9(8)12(19)20-10/h3-7H,2H2,1H3,(H,15,16,18). The van der Waals surface area contributed by atoms with Gasteiger partial charge < -0.3 is 4.42 Å². The van der Waals surface area contributed by atoms with Crippen molar-refractivity contribution in [3.05, 3.63) is 46.5 Å². The van der Waals surface area contributed by atoms with Gasteiger partial charge in [0.2, 0.25) is 5.13 Å². The zero-order valence-electron chi connectivity index (χ0n) is 11.5. The Morgan fingerprint density at radius 3 is 3.00 bits per heavy atom. The second kappa shape index (κ2) is 6.29. The summed E-state index contributed by atoms with van der Waals surface area (Å²) in [6.07, 6.45) is 0. The lowest BCUT2D eigenvalue weighted by Crippen LogP contribution is -2.14. The Bertz CT molecular complexity index is 888. The molecule has 2 aromatic heterocycles. The molecule has 0 saturated heterocycles. The summed E-state index contributed by atoms with van der Waals surface area (Å²) in [7, 11) is 0. The van der Waals surface area contributed by atoms with Gasteiger partial charge in [0.15, 0.2) is 10.1 Å². The van der Waals surface area contributed by atoms with Crippen LogP contribution in [0.1, 0.15) is 17.5 Å². The fourth-order valence-corrected chi connectivity index (χ4v) is 3.49. The Morgan fingerprint density at radius 1 is 1.36 bits per heavy atom. The molecule has 2 heterocycles. The molecule has 3 rings (SSSR count). The maximum atomic E-state index is 12.2. The number of fused-ring (bicyclic) bond motifs is 1. The highest BCUT2D eigenvalue weighted by molar-refractivity contribution is 8.01. The third-order valence-electron chi connectivity index (χ3n) is 2.79. The third kappa shape index (κ3) is 3.02. The van der Waals surface area contributed by atoms with Gasteiger partial charge >= 0.3 is 5.63 Å². The maximum absolute atomic E-state index is 12.2. The molecule has 6 nitrogen and oxygen atoms in total. The summed E-state index contributed by atoms with van der Waals surface area (Å²) in [5, 5.41) is 11.9. The Kier molecular flexibility index (Phi) is 4.21. The number of hydrogen-bond donors (Lipinski definition) is 1. The number of carbonyl (C=O) groups is 1. The second-order valence-corrected chi connectivity index (χ2v) is 6.73. The van der Waals surface area contributed by atoms with Crippen molar-refractivity contribution in [2.24, 2.45) is 0 Å². The van der Waals surface area contributed by atoms with Crippen molar-refractivity contribution >= 4 is 44.9 Å². The molecule has 1 aromatic carbocycles. The van der Waals surface area contributed by atoms with Crippen LogP contribution in [-0.4, -0.2) is 21.9 Å². The normalized spacial score (nSPS) is 10.8. The van der Waals surface area contributed by atoms with Gasteiger partial charge in [-0.05, 0) is 23.3 Å². The summed E-state index contributed by atoms with van der Waals surface area (Å²) >= 11 is 2.82. The Morgan fingerprint density at radius 2 is 2.18 bits per heavy atom. The third-order valence-corrected chi connectivity index (χ3v) is 4.64. The van der Waals surface area contributed by atoms with Crippen LogP contribution in [0.2, 0.25) is 0 Å². The minimum absolute atomic E-state index is 0.0522. The molecule has 0 aliphatic rings. The number of hydrogen-bond acceptors (Lipinski definition) is 7. The average molecular weight is 333 g/mol. The number of amides is 1. The van der Waals surface area contributed by atoms with E-state index in [1.165, 1.54) is 17.4 Å². The number of carbonyl (C=O) groups excluding carboxylic acids is 1. The van der Waals surface area contributed by atoms with Crippen LogP contribution in [0.25, 0.3) is 10.8 Å². The van der Waals surface area contributed by atoms with Crippen molar-refractivity contribution in [2.75, 3.05) is 11.1 Å². The largest absolute Gasteiger partial charge is 0.417 e. The Hall–Kier alpha value is -2.19. The molecular weight excluding hydrogens is 322 g/mol. The van der Waals surface area contributed by atoms with Crippen molar-refractivity contribution in [2.45, 2.75) is 11.3 Å². The van der Waals surface area contributed by atoms with Crippen LogP contribution < -0.4 is 10.9 Å². The van der Waals surface area contributed by atoms with Gasteiger partial charge in [0.05, 0.1) is 5.39 Å². The van der Waals surface area contributed by atoms with E-state index in [0.717, 1.165) is 10.1 Å². The molecule has 0 atom stereocenters. The van der Waals surface area contributed by atoms with Crippen LogP contribution in [-0.2, 0) is 0 Å². The fourth-order valence-electron chi connectivity index (χ4n) is 1.85. The van der Waals surface area contributed by atoms with Crippen LogP contribution in [0.15, 0.2) is 43.9 Å². The molecule has 1 amide bonds. The van der Waals surface area contributed by atoms with Gasteiger partial charge in [-0.1, -0.05) is 48.2 Å². The van der Waals surface area contributed by atoms with Gasteiger partial charge in [0.1, 0.15) is 0 Å².